The van der Waals surface area contributed by atoms with Crippen molar-refractivity contribution in [3.05, 3.63) is 54.9 Å². The molecular weight excluding hydrogens is 444 g/mol. The Balaban J connectivity index is 1.30. The molecule has 10 heteroatoms. The molecule has 0 saturated heterocycles. The summed E-state index contributed by atoms with van der Waals surface area (Å²) < 4.78 is 38.0. The number of benzene rings is 2. The summed E-state index contributed by atoms with van der Waals surface area (Å²) >= 11 is 0. The second-order valence-electron chi connectivity index (χ2n) is 7.94. The number of amides is 1. The van der Waals surface area contributed by atoms with Crippen molar-refractivity contribution >= 4 is 21.6 Å². The van der Waals surface area contributed by atoms with Gasteiger partial charge in [-0.05, 0) is 61.4 Å². The van der Waals surface area contributed by atoms with Crippen molar-refractivity contribution in [1.82, 2.24) is 14.5 Å². The summed E-state index contributed by atoms with van der Waals surface area (Å²) in [6.07, 6.45) is 6.31. The van der Waals surface area contributed by atoms with E-state index in [9.17, 15) is 13.2 Å². The molecule has 0 unspecified atom stereocenters. The van der Waals surface area contributed by atoms with Crippen LogP contribution in [0.15, 0.2) is 64.2 Å². The van der Waals surface area contributed by atoms with E-state index in [1.54, 1.807) is 43.4 Å². The predicted octanol–water partition coefficient (Wildman–Crippen LogP) is 3.71. The van der Waals surface area contributed by atoms with Crippen molar-refractivity contribution in [2.45, 2.75) is 43.0 Å². The zero-order chi connectivity index (χ0) is 23.3. The van der Waals surface area contributed by atoms with E-state index in [2.05, 4.69) is 15.5 Å². The standard InChI is InChI=1S/C23H26N4O5S/c1-27(19-5-3-2-4-6-19)33(29,30)21-13-9-18(10-14-21)25-22(28)15-31-20-11-7-17(8-12-20)23-26-24-16-32-23/h7-14,16,19H,2-6,15H2,1H3,(H,25,28). The highest BCUT2D eigenvalue weighted by Crippen LogP contribution is 2.27. The number of nitrogens with one attached hydrogen (secondary N) is 1. The third-order valence-electron chi connectivity index (χ3n) is 5.74. The van der Waals surface area contributed by atoms with Crippen LogP contribution in [0.2, 0.25) is 0 Å². The molecule has 1 aromatic heterocycles. The quantitative estimate of drug-likeness (QED) is 0.534. The second kappa shape index (κ2) is 10.1. The zero-order valence-corrected chi connectivity index (χ0v) is 19.1. The Morgan fingerprint density at radius 3 is 2.42 bits per heavy atom. The highest BCUT2D eigenvalue weighted by atomic mass is 32.2. The summed E-state index contributed by atoms with van der Waals surface area (Å²) in [6.45, 7) is -0.190. The van der Waals surface area contributed by atoms with Gasteiger partial charge >= 0.3 is 0 Å². The molecule has 1 heterocycles. The van der Waals surface area contributed by atoms with Crippen molar-refractivity contribution < 1.29 is 22.4 Å². The maximum absolute atomic E-state index is 12.9. The lowest BCUT2D eigenvalue weighted by molar-refractivity contribution is -0.118. The average molecular weight is 471 g/mol. The predicted molar refractivity (Wildman–Crippen MR) is 122 cm³/mol. The van der Waals surface area contributed by atoms with Gasteiger partial charge in [0.25, 0.3) is 5.91 Å². The SMILES string of the molecule is CN(C1CCCCC1)S(=O)(=O)c1ccc(NC(=O)COc2ccc(-c3nnco3)cc2)cc1. The minimum Gasteiger partial charge on any atom is -0.484 e. The fraction of sp³-hybridized carbons (Fsp3) is 0.348. The summed E-state index contributed by atoms with van der Waals surface area (Å²) in [4.78, 5) is 12.5. The summed E-state index contributed by atoms with van der Waals surface area (Å²) in [6, 6.07) is 13.2. The fourth-order valence-electron chi connectivity index (χ4n) is 3.86. The van der Waals surface area contributed by atoms with Crippen LogP contribution in [0.4, 0.5) is 5.69 Å². The Kier molecular flexibility index (Phi) is 7.05. The normalized spacial score (nSPS) is 14.8. The molecule has 4 rings (SSSR count). The first kappa shape index (κ1) is 22.9. The van der Waals surface area contributed by atoms with Crippen LogP contribution in [0, 0.1) is 0 Å². The second-order valence-corrected chi connectivity index (χ2v) is 9.94. The first-order valence-corrected chi connectivity index (χ1v) is 12.2. The third kappa shape index (κ3) is 5.58. The first-order chi connectivity index (χ1) is 15.9. The number of nitrogens with zero attached hydrogens (tertiary/aromatic N) is 3. The highest BCUT2D eigenvalue weighted by Gasteiger charge is 2.28. The van der Waals surface area contributed by atoms with Gasteiger partial charge in [0.05, 0.1) is 4.90 Å². The summed E-state index contributed by atoms with van der Waals surface area (Å²) in [5, 5.41) is 10.2. The largest absolute Gasteiger partial charge is 0.484 e. The van der Waals surface area contributed by atoms with Crippen molar-refractivity contribution in [1.29, 1.82) is 0 Å². The molecule has 0 spiro atoms. The molecule has 33 heavy (non-hydrogen) atoms. The Morgan fingerprint density at radius 2 is 1.79 bits per heavy atom. The van der Waals surface area contributed by atoms with Gasteiger partial charge in [-0.3, -0.25) is 4.79 Å². The van der Waals surface area contributed by atoms with Crippen LogP contribution in [0.3, 0.4) is 0 Å². The van der Waals surface area contributed by atoms with Gasteiger partial charge in [0.1, 0.15) is 5.75 Å². The van der Waals surface area contributed by atoms with Crippen LogP contribution in [0.5, 0.6) is 5.75 Å². The molecule has 9 nitrogen and oxygen atoms in total. The monoisotopic (exact) mass is 470 g/mol. The molecular formula is C23H26N4O5S. The van der Waals surface area contributed by atoms with E-state index < -0.39 is 10.0 Å². The van der Waals surface area contributed by atoms with Crippen molar-refractivity contribution in [2.24, 2.45) is 0 Å². The van der Waals surface area contributed by atoms with Crippen molar-refractivity contribution in [3.63, 3.8) is 0 Å². The number of carbonyl (C=O) groups is 1. The van der Waals surface area contributed by atoms with Gasteiger partial charge < -0.3 is 14.5 Å². The van der Waals surface area contributed by atoms with E-state index in [-0.39, 0.29) is 23.5 Å². The van der Waals surface area contributed by atoms with Gasteiger partial charge in [-0.1, -0.05) is 19.3 Å². The van der Waals surface area contributed by atoms with Crippen LogP contribution in [-0.2, 0) is 14.8 Å². The van der Waals surface area contributed by atoms with Gasteiger partial charge in [0.15, 0.2) is 6.61 Å². The third-order valence-corrected chi connectivity index (χ3v) is 7.66. The number of carbonyl (C=O) groups excluding carboxylic acids is 1. The lowest BCUT2D eigenvalue weighted by Crippen LogP contribution is -2.38. The number of sulfonamides is 1. The van der Waals surface area contributed by atoms with E-state index in [0.717, 1.165) is 37.7 Å². The Morgan fingerprint density at radius 1 is 1.09 bits per heavy atom. The number of rotatable bonds is 8. The van der Waals surface area contributed by atoms with E-state index >= 15 is 0 Å². The fourth-order valence-corrected chi connectivity index (χ4v) is 5.27. The van der Waals surface area contributed by atoms with Gasteiger partial charge in [-0.15, -0.1) is 10.2 Å². The molecule has 1 amide bonds. The van der Waals surface area contributed by atoms with Gasteiger partial charge in [0, 0.05) is 24.3 Å². The Labute approximate surface area is 192 Å². The maximum atomic E-state index is 12.9. The minimum atomic E-state index is -3.57. The average Bonchev–Trinajstić information content (AvgIpc) is 3.38. The molecule has 3 aromatic rings. The van der Waals surface area contributed by atoms with Crippen LogP contribution in [0.1, 0.15) is 32.1 Å². The summed E-state index contributed by atoms with van der Waals surface area (Å²) in [5.41, 5.74) is 1.24. The molecule has 1 fully saturated rings. The van der Waals surface area contributed by atoms with Gasteiger partial charge in [0.2, 0.25) is 22.3 Å². The molecule has 0 aliphatic heterocycles. The van der Waals surface area contributed by atoms with E-state index in [1.807, 2.05) is 0 Å². The number of anilines is 1. The van der Waals surface area contributed by atoms with E-state index in [0.29, 0.717) is 17.3 Å². The summed E-state index contributed by atoms with van der Waals surface area (Å²) in [7, 11) is -1.92. The molecule has 1 N–H and O–H groups in total. The highest BCUT2D eigenvalue weighted by molar-refractivity contribution is 7.89. The molecule has 1 aliphatic carbocycles. The van der Waals surface area contributed by atoms with Gasteiger partial charge in [-0.2, -0.15) is 4.31 Å². The first-order valence-electron chi connectivity index (χ1n) is 10.8. The van der Waals surface area contributed by atoms with Crippen molar-refractivity contribution in [2.75, 3.05) is 19.0 Å². The molecule has 1 aliphatic rings. The Bertz CT molecular complexity index is 1160. The number of hydrogen-bond acceptors (Lipinski definition) is 7. The van der Waals surface area contributed by atoms with E-state index in [1.165, 1.54) is 22.8 Å². The number of ether oxygens (including phenoxy) is 1. The smallest absolute Gasteiger partial charge is 0.262 e. The molecule has 0 bridgehead atoms. The number of aromatic nitrogens is 2. The molecule has 2 aromatic carbocycles. The lowest BCUT2D eigenvalue weighted by atomic mass is 9.96. The number of hydrogen-bond donors (Lipinski definition) is 1. The van der Waals surface area contributed by atoms with E-state index in [4.69, 9.17) is 9.15 Å². The van der Waals surface area contributed by atoms with Crippen LogP contribution in [0.25, 0.3) is 11.5 Å². The minimum absolute atomic E-state index is 0.0429. The van der Waals surface area contributed by atoms with Crippen LogP contribution >= 0.6 is 0 Å². The molecule has 1 saturated carbocycles. The van der Waals surface area contributed by atoms with Crippen molar-refractivity contribution in [3.8, 4) is 17.2 Å². The molecule has 0 atom stereocenters. The summed E-state index contributed by atoms with van der Waals surface area (Å²) in [5.74, 6) is 0.557. The molecule has 0 radical (unpaired) electrons. The zero-order valence-electron chi connectivity index (χ0n) is 18.3. The van der Waals surface area contributed by atoms with Crippen LogP contribution < -0.4 is 10.1 Å². The lowest BCUT2D eigenvalue weighted by Gasteiger charge is -2.30. The van der Waals surface area contributed by atoms with Gasteiger partial charge in [-0.25, -0.2) is 8.42 Å². The van der Waals surface area contributed by atoms with Crippen LogP contribution in [-0.4, -0.2) is 48.5 Å². The maximum Gasteiger partial charge on any atom is 0.262 e. The topological polar surface area (TPSA) is 115 Å². The Hall–Kier alpha value is -3.24. The molecule has 174 valence electrons.